The van der Waals surface area contributed by atoms with Crippen LogP contribution in [0.25, 0.3) is 22.4 Å². The largest absolute Gasteiger partial charge is 0.444 e. The molecule has 0 atom stereocenters. The van der Waals surface area contributed by atoms with Crippen LogP contribution in [0.4, 0.5) is 4.79 Å². The first-order valence-corrected chi connectivity index (χ1v) is 14.2. The van der Waals surface area contributed by atoms with Crippen LogP contribution in [-0.4, -0.2) is 66.1 Å². The molecule has 0 saturated heterocycles. The molecule has 2 heterocycles. The molecule has 1 N–H and O–H groups in total. The van der Waals surface area contributed by atoms with E-state index in [0.29, 0.717) is 18.7 Å². The van der Waals surface area contributed by atoms with E-state index in [2.05, 4.69) is 46.6 Å². The molecule has 1 saturated carbocycles. The molecule has 5 rings (SSSR count). The zero-order chi connectivity index (χ0) is 28.5. The van der Waals surface area contributed by atoms with Crippen LogP contribution in [0.3, 0.4) is 0 Å². The molecule has 1 fully saturated rings. The number of aromatic nitrogens is 1. The fourth-order valence-corrected chi connectivity index (χ4v) is 5.49. The molecule has 0 unspecified atom stereocenters. The Morgan fingerprint density at radius 3 is 2.33 bits per heavy atom. The smallest absolute Gasteiger partial charge is 0.408 e. The monoisotopic (exact) mass is 540 g/mol. The van der Waals surface area contributed by atoms with Crippen molar-refractivity contribution in [2.75, 3.05) is 33.7 Å². The number of hydrogen-bond acceptors (Lipinski definition) is 5. The lowest BCUT2D eigenvalue weighted by molar-refractivity contribution is 0.0377. The zero-order valence-corrected chi connectivity index (χ0v) is 24.3. The summed E-state index contributed by atoms with van der Waals surface area (Å²) in [5, 5.41) is 3.14. The van der Waals surface area contributed by atoms with Crippen molar-refractivity contribution in [1.29, 1.82) is 0 Å². The highest BCUT2D eigenvalue weighted by Gasteiger charge is 2.41. The second-order valence-corrected chi connectivity index (χ2v) is 12.2. The van der Waals surface area contributed by atoms with Gasteiger partial charge in [-0.1, -0.05) is 54.6 Å². The van der Waals surface area contributed by atoms with Crippen molar-refractivity contribution < 1.29 is 14.3 Å². The average molecular weight is 541 g/mol. The quantitative estimate of drug-likeness (QED) is 0.405. The van der Waals surface area contributed by atoms with E-state index in [9.17, 15) is 9.59 Å². The number of rotatable bonds is 7. The van der Waals surface area contributed by atoms with Gasteiger partial charge >= 0.3 is 6.09 Å². The fourth-order valence-electron chi connectivity index (χ4n) is 5.49. The van der Waals surface area contributed by atoms with Gasteiger partial charge in [0.2, 0.25) is 0 Å². The molecule has 0 bridgehead atoms. The first-order valence-electron chi connectivity index (χ1n) is 14.2. The molecule has 7 heteroatoms. The van der Waals surface area contributed by atoms with E-state index in [4.69, 9.17) is 9.72 Å². The minimum Gasteiger partial charge on any atom is -0.444 e. The third kappa shape index (κ3) is 5.89. The number of benzene rings is 2. The summed E-state index contributed by atoms with van der Waals surface area (Å²) >= 11 is 0. The molecule has 2 aromatic carbocycles. The lowest BCUT2D eigenvalue weighted by Gasteiger charge is -2.43. The first-order chi connectivity index (χ1) is 19.0. The summed E-state index contributed by atoms with van der Waals surface area (Å²) in [4.78, 5) is 35.2. The molecule has 1 aromatic heterocycles. The maximum absolute atomic E-state index is 13.5. The van der Waals surface area contributed by atoms with Gasteiger partial charge in [0, 0.05) is 37.2 Å². The van der Waals surface area contributed by atoms with Gasteiger partial charge in [0.1, 0.15) is 5.60 Å². The van der Waals surface area contributed by atoms with E-state index in [-0.39, 0.29) is 12.0 Å². The number of ether oxygens (including phenoxy) is 1. The van der Waals surface area contributed by atoms with Gasteiger partial charge in [-0.3, -0.25) is 9.78 Å². The van der Waals surface area contributed by atoms with Crippen molar-refractivity contribution in [3.63, 3.8) is 0 Å². The Morgan fingerprint density at radius 2 is 1.73 bits per heavy atom. The number of alkyl carbamates (subject to hydrolysis) is 1. The van der Waals surface area contributed by atoms with E-state index < -0.39 is 11.1 Å². The van der Waals surface area contributed by atoms with Gasteiger partial charge in [-0.2, -0.15) is 0 Å². The van der Waals surface area contributed by atoms with E-state index in [1.54, 1.807) is 0 Å². The van der Waals surface area contributed by atoms with Crippen molar-refractivity contribution in [3.05, 3.63) is 77.5 Å². The predicted molar refractivity (Wildman–Crippen MR) is 158 cm³/mol. The van der Waals surface area contributed by atoms with E-state index >= 15 is 0 Å². The maximum Gasteiger partial charge on any atom is 0.408 e. The number of likely N-dealkylation sites (N-methyl/N-ethyl adjacent to an activating group) is 1. The third-order valence-corrected chi connectivity index (χ3v) is 7.80. The van der Waals surface area contributed by atoms with Crippen LogP contribution in [0.5, 0.6) is 0 Å². The molecule has 1 aliphatic carbocycles. The van der Waals surface area contributed by atoms with Crippen molar-refractivity contribution in [2.24, 2.45) is 0 Å². The highest BCUT2D eigenvalue weighted by Crippen LogP contribution is 2.42. The molecule has 0 spiro atoms. The molecule has 3 aromatic rings. The Hall–Kier alpha value is -3.71. The summed E-state index contributed by atoms with van der Waals surface area (Å²) in [6.45, 7) is 7.83. The van der Waals surface area contributed by atoms with Crippen molar-refractivity contribution in [2.45, 2.75) is 57.6 Å². The summed E-state index contributed by atoms with van der Waals surface area (Å²) in [7, 11) is 4.05. The van der Waals surface area contributed by atoms with Crippen molar-refractivity contribution in [1.82, 2.24) is 20.1 Å². The normalized spacial score (nSPS) is 16.4. The summed E-state index contributed by atoms with van der Waals surface area (Å²) < 4.78 is 5.55. The van der Waals surface area contributed by atoms with Crippen LogP contribution in [0.1, 0.15) is 61.6 Å². The van der Waals surface area contributed by atoms with Gasteiger partial charge < -0.3 is 19.9 Å². The Labute approximate surface area is 237 Å². The summed E-state index contributed by atoms with van der Waals surface area (Å²) in [6, 6.07) is 20.5. The minimum atomic E-state index is -0.546. The lowest BCUT2D eigenvalue weighted by atomic mass is 9.71. The van der Waals surface area contributed by atoms with Gasteiger partial charge in [0.25, 0.3) is 5.91 Å². The SMILES string of the molecule is CN(C)CCN1CCc2nc(-c3ccc(C4(NC(=O)OC(C)(C)C)CCC4)cc3)c(-c3ccccc3)cc2C1=O. The Kier molecular flexibility index (Phi) is 7.69. The van der Waals surface area contributed by atoms with E-state index in [0.717, 1.165) is 65.9 Å². The molecular formula is C33H40N4O3. The number of fused-ring (bicyclic) bond motifs is 1. The predicted octanol–water partition coefficient (Wildman–Crippen LogP) is 5.88. The molecule has 0 radical (unpaired) electrons. The van der Waals surface area contributed by atoms with Gasteiger partial charge in [-0.15, -0.1) is 0 Å². The second kappa shape index (κ2) is 11.0. The molecule has 210 valence electrons. The highest BCUT2D eigenvalue weighted by molar-refractivity contribution is 5.99. The number of nitrogens with one attached hydrogen (secondary N) is 1. The number of carbonyl (C=O) groups excluding carboxylic acids is 2. The van der Waals surface area contributed by atoms with Crippen LogP contribution in [0.2, 0.25) is 0 Å². The van der Waals surface area contributed by atoms with E-state index in [1.807, 2.05) is 64.0 Å². The minimum absolute atomic E-state index is 0.0508. The van der Waals surface area contributed by atoms with Gasteiger partial charge in [-0.05, 0) is 71.3 Å². The van der Waals surface area contributed by atoms with Gasteiger partial charge in [0.15, 0.2) is 0 Å². The van der Waals surface area contributed by atoms with Crippen LogP contribution in [0, 0.1) is 0 Å². The molecule has 2 amide bonds. The van der Waals surface area contributed by atoms with Crippen LogP contribution in [0.15, 0.2) is 60.7 Å². The molecule has 1 aliphatic heterocycles. The molecule has 40 heavy (non-hydrogen) atoms. The number of hydrogen-bond donors (Lipinski definition) is 1. The highest BCUT2D eigenvalue weighted by atomic mass is 16.6. The van der Waals surface area contributed by atoms with Gasteiger partial charge in [-0.25, -0.2) is 4.79 Å². The second-order valence-electron chi connectivity index (χ2n) is 12.2. The number of amides is 2. The average Bonchev–Trinajstić information content (AvgIpc) is 2.89. The summed E-state index contributed by atoms with van der Waals surface area (Å²) in [5.41, 5.74) is 5.49. The fraction of sp³-hybridized carbons (Fsp3) is 0.424. The van der Waals surface area contributed by atoms with Crippen molar-refractivity contribution in [3.8, 4) is 22.4 Å². The zero-order valence-electron chi connectivity index (χ0n) is 24.3. The standard InChI is InChI=1S/C33H40N4O3/c1-32(2,3)40-31(39)35-33(17-9-18-33)25-14-12-24(13-15-25)29-26(23-10-7-6-8-11-23)22-27-28(34-29)16-19-37(30(27)38)21-20-36(4)5/h6-8,10-15,22H,9,16-21H2,1-5H3,(H,35,39). The van der Waals surface area contributed by atoms with Crippen LogP contribution >= 0.6 is 0 Å². The number of pyridine rings is 1. The topological polar surface area (TPSA) is 74.8 Å². The molecule has 7 nitrogen and oxygen atoms in total. The summed E-state index contributed by atoms with van der Waals surface area (Å²) in [5.74, 6) is 0.0508. The maximum atomic E-state index is 13.5. The lowest BCUT2D eigenvalue weighted by Crippen LogP contribution is -2.52. The third-order valence-electron chi connectivity index (χ3n) is 7.80. The summed E-state index contributed by atoms with van der Waals surface area (Å²) in [6.07, 6.45) is 3.16. The first kappa shape index (κ1) is 27.8. The molecular weight excluding hydrogens is 500 g/mol. The van der Waals surface area contributed by atoms with Crippen molar-refractivity contribution >= 4 is 12.0 Å². The molecule has 2 aliphatic rings. The Balaban J connectivity index is 1.48. The van der Waals surface area contributed by atoms with Crippen LogP contribution < -0.4 is 5.32 Å². The number of carbonyl (C=O) groups is 2. The Morgan fingerprint density at radius 1 is 1.02 bits per heavy atom. The Bertz CT molecular complexity index is 1370. The van der Waals surface area contributed by atoms with E-state index in [1.165, 1.54) is 0 Å². The van der Waals surface area contributed by atoms with Gasteiger partial charge in [0.05, 0.1) is 22.5 Å². The number of nitrogens with zero attached hydrogens (tertiary/aromatic N) is 3. The van der Waals surface area contributed by atoms with Crippen LogP contribution in [-0.2, 0) is 16.7 Å².